The first-order valence-electron chi connectivity index (χ1n) is 27.7. The van der Waals surface area contributed by atoms with Crippen LogP contribution in [0.3, 0.4) is 0 Å². The highest BCUT2D eigenvalue weighted by atomic mass is 31.2. The van der Waals surface area contributed by atoms with Gasteiger partial charge in [0, 0.05) is 6.42 Å². The van der Waals surface area contributed by atoms with Crippen molar-refractivity contribution in [1.82, 2.24) is 5.32 Å². The lowest BCUT2D eigenvalue weighted by atomic mass is 10.0. The van der Waals surface area contributed by atoms with E-state index in [4.69, 9.17) is 9.05 Å². The fourth-order valence-electron chi connectivity index (χ4n) is 8.30. The summed E-state index contributed by atoms with van der Waals surface area (Å²) in [6, 6.07) is -0.859. The van der Waals surface area contributed by atoms with E-state index in [0.717, 1.165) is 38.5 Å². The van der Waals surface area contributed by atoms with Gasteiger partial charge in [0.1, 0.15) is 13.2 Å². The Balaban J connectivity index is 4.16. The predicted molar refractivity (Wildman–Crippen MR) is 277 cm³/mol. The number of quaternary nitrogens is 1. The molecule has 0 aromatic rings. The number of nitrogens with zero attached hydrogens (tertiary/aromatic N) is 1. The zero-order valence-corrected chi connectivity index (χ0v) is 44.2. The maximum Gasteiger partial charge on any atom is 0.472 e. The Labute approximate surface area is 398 Å². The lowest BCUT2D eigenvalue weighted by Crippen LogP contribution is -2.45. The Kier molecular flexibility index (Phi) is 46.3. The van der Waals surface area contributed by atoms with Crippen LogP contribution in [0.25, 0.3) is 0 Å². The summed E-state index contributed by atoms with van der Waals surface area (Å²) in [5.74, 6) is -0.184. The summed E-state index contributed by atoms with van der Waals surface area (Å²) in [4.78, 5) is 23.2. The van der Waals surface area contributed by atoms with Crippen LogP contribution in [0.2, 0.25) is 0 Å². The summed E-state index contributed by atoms with van der Waals surface area (Å²) in [5.41, 5.74) is 0. The number of nitrogens with one attached hydrogen (secondary N) is 1. The standard InChI is InChI=1S/C55H109N2O6P/c1-6-8-10-12-14-16-18-20-21-22-23-24-25-26-27-28-29-30-31-32-33-34-35-37-38-40-42-44-46-48-54(58)53(52-63-64(60,61)62-51-50-57(3,4)5)56-55(59)49-47-45-43-41-39-36-19-17-15-13-11-9-7-2/h38,40,46,48,53-54,58H,6-37,39,41-45,47,49-52H2,1-5H3,(H-,56,59,60,61)/p+1/b40-38+,48-46+. The number of phosphoric acid groups is 1. The van der Waals surface area contributed by atoms with E-state index in [2.05, 4.69) is 31.3 Å². The number of amides is 1. The average Bonchev–Trinajstić information content (AvgIpc) is 3.25. The van der Waals surface area contributed by atoms with Crippen molar-refractivity contribution in [1.29, 1.82) is 0 Å². The first-order chi connectivity index (χ1) is 31.0. The molecule has 0 saturated heterocycles. The van der Waals surface area contributed by atoms with E-state index in [-0.39, 0.29) is 19.1 Å². The Morgan fingerprint density at radius 1 is 0.516 bits per heavy atom. The van der Waals surface area contributed by atoms with Crippen molar-refractivity contribution >= 4 is 13.7 Å². The number of rotatable bonds is 51. The maximum absolute atomic E-state index is 12.9. The molecule has 0 radical (unpaired) electrons. The fourth-order valence-corrected chi connectivity index (χ4v) is 9.03. The molecule has 8 nitrogen and oxygen atoms in total. The number of aliphatic hydroxyl groups is 1. The Morgan fingerprint density at radius 3 is 1.25 bits per heavy atom. The number of likely N-dealkylation sites (N-methyl/N-ethyl adjacent to an activating group) is 1. The fraction of sp³-hybridized carbons (Fsp3) is 0.909. The largest absolute Gasteiger partial charge is 0.472 e. The topological polar surface area (TPSA) is 105 Å². The van der Waals surface area contributed by atoms with Crippen LogP contribution in [-0.2, 0) is 18.4 Å². The molecule has 0 rings (SSSR count). The van der Waals surface area contributed by atoms with E-state index < -0.39 is 20.0 Å². The van der Waals surface area contributed by atoms with Gasteiger partial charge in [-0.05, 0) is 32.1 Å². The predicted octanol–water partition coefficient (Wildman–Crippen LogP) is 16.4. The summed E-state index contributed by atoms with van der Waals surface area (Å²) in [5, 5.41) is 13.9. The number of aliphatic hydroxyl groups excluding tert-OH is 1. The number of phosphoric ester groups is 1. The summed E-state index contributed by atoms with van der Waals surface area (Å²) < 4.78 is 23.6. The second kappa shape index (κ2) is 47.1. The summed E-state index contributed by atoms with van der Waals surface area (Å²) >= 11 is 0. The zero-order chi connectivity index (χ0) is 47.1. The third-order valence-electron chi connectivity index (χ3n) is 12.7. The van der Waals surface area contributed by atoms with Gasteiger partial charge in [-0.25, -0.2) is 4.57 Å². The number of hydrogen-bond donors (Lipinski definition) is 3. The molecule has 0 aromatic heterocycles. The lowest BCUT2D eigenvalue weighted by Gasteiger charge is -2.25. The molecule has 0 fully saturated rings. The third-order valence-corrected chi connectivity index (χ3v) is 13.7. The number of carbonyl (C=O) groups is 1. The minimum absolute atomic E-state index is 0.0585. The molecule has 0 bridgehead atoms. The molecular formula is C55H110N2O6P+. The first-order valence-corrected chi connectivity index (χ1v) is 29.2. The van der Waals surface area contributed by atoms with Crippen LogP contribution in [0.15, 0.2) is 24.3 Å². The van der Waals surface area contributed by atoms with Gasteiger partial charge in [0.15, 0.2) is 0 Å². The smallest absolute Gasteiger partial charge is 0.387 e. The second-order valence-electron chi connectivity index (χ2n) is 20.3. The zero-order valence-electron chi connectivity index (χ0n) is 43.3. The number of unbranched alkanes of at least 4 members (excludes halogenated alkanes) is 36. The minimum atomic E-state index is -4.35. The molecule has 3 N–H and O–H groups in total. The summed E-state index contributed by atoms with van der Waals surface area (Å²) in [7, 11) is 1.57. The van der Waals surface area contributed by atoms with Gasteiger partial charge in [-0.3, -0.25) is 13.8 Å². The molecule has 0 aliphatic heterocycles. The average molecular weight is 926 g/mol. The molecule has 3 atom stereocenters. The van der Waals surface area contributed by atoms with Gasteiger partial charge < -0.3 is 19.8 Å². The normalized spacial score (nSPS) is 14.2. The van der Waals surface area contributed by atoms with Crippen molar-refractivity contribution in [2.75, 3.05) is 40.9 Å². The van der Waals surface area contributed by atoms with Crippen molar-refractivity contribution in [3.63, 3.8) is 0 Å². The Morgan fingerprint density at radius 2 is 0.859 bits per heavy atom. The molecule has 1 amide bonds. The van der Waals surface area contributed by atoms with Crippen LogP contribution in [0.4, 0.5) is 0 Å². The van der Waals surface area contributed by atoms with Crippen LogP contribution in [0.1, 0.15) is 271 Å². The second-order valence-corrected chi connectivity index (χ2v) is 21.8. The van der Waals surface area contributed by atoms with Gasteiger partial charge in [-0.15, -0.1) is 0 Å². The molecule has 0 heterocycles. The van der Waals surface area contributed by atoms with Crippen molar-refractivity contribution in [3.8, 4) is 0 Å². The van der Waals surface area contributed by atoms with Crippen LogP contribution in [0, 0.1) is 0 Å². The quantitative estimate of drug-likeness (QED) is 0.0243. The van der Waals surface area contributed by atoms with Crippen molar-refractivity contribution < 1.29 is 32.9 Å². The van der Waals surface area contributed by atoms with Crippen LogP contribution >= 0.6 is 7.82 Å². The summed E-state index contributed by atoms with van der Waals surface area (Å²) in [6.07, 6.45) is 58.6. The van der Waals surface area contributed by atoms with Gasteiger partial charge in [0.2, 0.25) is 5.91 Å². The van der Waals surface area contributed by atoms with Crippen LogP contribution < -0.4 is 5.32 Å². The highest BCUT2D eigenvalue weighted by Crippen LogP contribution is 2.43. The van der Waals surface area contributed by atoms with E-state index in [9.17, 15) is 19.4 Å². The number of hydrogen-bond acceptors (Lipinski definition) is 5. The van der Waals surface area contributed by atoms with Gasteiger partial charge >= 0.3 is 7.82 Å². The number of carbonyl (C=O) groups excluding carboxylic acids is 1. The highest BCUT2D eigenvalue weighted by molar-refractivity contribution is 7.47. The molecule has 3 unspecified atom stereocenters. The molecule has 0 aromatic carbocycles. The van der Waals surface area contributed by atoms with Crippen molar-refractivity contribution in [2.45, 2.75) is 283 Å². The SMILES string of the molecule is CCCCCCCCCCCCCCCCCCCCCCCCC/C=C/CC/C=C/C(O)C(COP(=O)(O)OCC[N+](C)(C)C)NC(=O)CCCCCCCCCCCCCCC. The van der Waals surface area contributed by atoms with Crippen LogP contribution in [0.5, 0.6) is 0 Å². The monoisotopic (exact) mass is 926 g/mol. The molecule has 0 aliphatic rings. The van der Waals surface area contributed by atoms with E-state index in [1.165, 1.54) is 212 Å². The Bertz CT molecular complexity index is 1090. The summed E-state index contributed by atoms with van der Waals surface area (Å²) in [6.45, 7) is 4.82. The van der Waals surface area contributed by atoms with E-state index in [0.29, 0.717) is 17.4 Å². The Hall–Kier alpha value is -1.02. The van der Waals surface area contributed by atoms with Gasteiger partial charge in [0.05, 0.1) is 39.9 Å². The minimum Gasteiger partial charge on any atom is -0.387 e. The third kappa shape index (κ3) is 48.9. The van der Waals surface area contributed by atoms with E-state index in [1.807, 2.05) is 27.2 Å². The molecule has 64 heavy (non-hydrogen) atoms. The first kappa shape index (κ1) is 63.0. The molecular weight excluding hydrogens is 816 g/mol. The van der Waals surface area contributed by atoms with E-state index in [1.54, 1.807) is 6.08 Å². The van der Waals surface area contributed by atoms with Gasteiger partial charge in [-0.2, -0.15) is 0 Å². The maximum atomic E-state index is 12.9. The van der Waals surface area contributed by atoms with Gasteiger partial charge in [0.25, 0.3) is 0 Å². The molecule has 9 heteroatoms. The van der Waals surface area contributed by atoms with E-state index >= 15 is 0 Å². The van der Waals surface area contributed by atoms with Gasteiger partial charge in [-0.1, -0.05) is 256 Å². The molecule has 0 spiro atoms. The van der Waals surface area contributed by atoms with Crippen LogP contribution in [-0.4, -0.2) is 73.4 Å². The van der Waals surface area contributed by atoms with Crippen molar-refractivity contribution in [2.24, 2.45) is 0 Å². The molecule has 380 valence electrons. The molecule has 0 saturated carbocycles. The van der Waals surface area contributed by atoms with Crippen molar-refractivity contribution in [3.05, 3.63) is 24.3 Å². The number of allylic oxidation sites excluding steroid dienone is 3. The highest BCUT2D eigenvalue weighted by Gasteiger charge is 2.27. The molecule has 0 aliphatic carbocycles. The lowest BCUT2D eigenvalue weighted by molar-refractivity contribution is -0.870.